The van der Waals surface area contributed by atoms with Gasteiger partial charge in [-0.2, -0.15) is 0 Å². The Labute approximate surface area is 154 Å². The van der Waals surface area contributed by atoms with Crippen LogP contribution in [0.2, 0.25) is 5.02 Å². The fraction of sp³-hybridized carbons (Fsp3) is 0.353. The molecule has 1 aromatic carbocycles. The molecule has 8 nitrogen and oxygen atoms in total. The molecule has 2 heterocycles. The van der Waals surface area contributed by atoms with E-state index in [1.807, 2.05) is 0 Å². The van der Waals surface area contributed by atoms with Crippen molar-refractivity contribution in [1.82, 2.24) is 19.8 Å². The Morgan fingerprint density at radius 1 is 1.19 bits per heavy atom. The minimum atomic E-state index is -0.729. The molecule has 1 aliphatic heterocycles. The molecule has 0 bridgehead atoms. The van der Waals surface area contributed by atoms with E-state index in [4.69, 9.17) is 11.6 Å². The summed E-state index contributed by atoms with van der Waals surface area (Å²) in [7, 11) is 0. The van der Waals surface area contributed by atoms with E-state index in [-0.39, 0.29) is 5.56 Å². The highest BCUT2D eigenvalue weighted by Gasteiger charge is 2.14. The van der Waals surface area contributed by atoms with Gasteiger partial charge in [-0.15, -0.1) is 0 Å². The van der Waals surface area contributed by atoms with Crippen LogP contribution in [0.5, 0.6) is 5.88 Å². The quantitative estimate of drug-likeness (QED) is 0.646. The summed E-state index contributed by atoms with van der Waals surface area (Å²) in [4.78, 5) is 32.8. The molecule has 26 heavy (non-hydrogen) atoms. The maximum absolute atomic E-state index is 12.1. The molecule has 0 unspecified atom stereocenters. The molecule has 3 rings (SSSR count). The van der Waals surface area contributed by atoms with Crippen LogP contribution >= 0.6 is 11.6 Å². The normalized spacial score (nSPS) is 15.6. The lowest BCUT2D eigenvalue weighted by Crippen LogP contribution is -2.44. The topological polar surface area (TPSA) is 103 Å². The first-order valence-corrected chi connectivity index (χ1v) is 8.71. The summed E-state index contributed by atoms with van der Waals surface area (Å²) < 4.78 is 1.01. The average Bonchev–Trinajstić information content (AvgIpc) is 2.63. The predicted octanol–water partition coefficient (Wildman–Crippen LogP) is 0.209. The molecule has 0 atom stereocenters. The van der Waals surface area contributed by atoms with Crippen molar-refractivity contribution in [3.8, 4) is 11.6 Å². The third-order valence-corrected chi connectivity index (χ3v) is 4.43. The molecule has 0 amide bonds. The summed E-state index contributed by atoms with van der Waals surface area (Å²) >= 11 is 5.85. The Hall–Kier alpha value is -2.42. The average molecular weight is 378 g/mol. The van der Waals surface area contributed by atoms with Crippen LogP contribution in [0.4, 0.5) is 0 Å². The summed E-state index contributed by atoms with van der Waals surface area (Å²) in [6, 6.07) is 6.34. The molecule has 0 aliphatic carbocycles. The Morgan fingerprint density at radius 3 is 2.58 bits per heavy atom. The lowest BCUT2D eigenvalue weighted by atomic mass is 10.3. The van der Waals surface area contributed by atoms with Crippen molar-refractivity contribution in [3.63, 3.8) is 0 Å². The maximum Gasteiger partial charge on any atom is 0.335 e. The van der Waals surface area contributed by atoms with Gasteiger partial charge in [-0.1, -0.05) is 11.6 Å². The van der Waals surface area contributed by atoms with Gasteiger partial charge in [0.25, 0.3) is 5.56 Å². The Bertz CT molecular complexity index is 898. The van der Waals surface area contributed by atoms with Crippen LogP contribution < -0.4 is 16.6 Å². The second-order valence-corrected chi connectivity index (χ2v) is 6.37. The van der Waals surface area contributed by atoms with E-state index in [2.05, 4.69) is 20.2 Å². The molecule has 3 N–H and O–H groups in total. The molecule has 0 saturated carbocycles. The molecule has 1 fully saturated rings. The van der Waals surface area contributed by atoms with E-state index in [1.54, 1.807) is 24.3 Å². The highest BCUT2D eigenvalue weighted by atomic mass is 35.5. The fourth-order valence-corrected chi connectivity index (χ4v) is 2.90. The highest BCUT2D eigenvalue weighted by Crippen LogP contribution is 2.17. The molecule has 1 aromatic heterocycles. The van der Waals surface area contributed by atoms with E-state index < -0.39 is 17.1 Å². The summed E-state index contributed by atoms with van der Waals surface area (Å²) in [5.41, 5.74) is -1.07. The van der Waals surface area contributed by atoms with E-state index in [1.165, 1.54) is 6.21 Å². The van der Waals surface area contributed by atoms with Crippen molar-refractivity contribution in [2.45, 2.75) is 0 Å². The molecular weight excluding hydrogens is 358 g/mol. The van der Waals surface area contributed by atoms with Gasteiger partial charge in [0.05, 0.1) is 12.2 Å². The number of rotatable bonds is 5. The van der Waals surface area contributed by atoms with Gasteiger partial charge in [0.1, 0.15) is 5.56 Å². The smallest absolute Gasteiger partial charge is 0.335 e. The van der Waals surface area contributed by atoms with Crippen molar-refractivity contribution in [2.24, 2.45) is 4.99 Å². The summed E-state index contributed by atoms with van der Waals surface area (Å²) in [6.07, 6.45) is 1.31. The minimum Gasteiger partial charge on any atom is -0.493 e. The first-order chi connectivity index (χ1) is 12.6. The first kappa shape index (κ1) is 18.4. The Morgan fingerprint density at radius 2 is 1.88 bits per heavy atom. The number of hydrogen-bond acceptors (Lipinski definition) is 6. The molecule has 1 aliphatic rings. The molecule has 0 radical (unpaired) electrons. The van der Waals surface area contributed by atoms with Gasteiger partial charge >= 0.3 is 5.69 Å². The number of aliphatic imine (C=N–C) groups is 1. The van der Waals surface area contributed by atoms with Crippen LogP contribution in [0.3, 0.4) is 0 Å². The van der Waals surface area contributed by atoms with Crippen LogP contribution in [0.15, 0.2) is 38.8 Å². The van der Waals surface area contributed by atoms with Gasteiger partial charge in [-0.3, -0.25) is 19.7 Å². The van der Waals surface area contributed by atoms with Gasteiger partial charge in [0, 0.05) is 44.0 Å². The number of piperazine rings is 1. The number of H-pyrrole nitrogens is 1. The largest absolute Gasteiger partial charge is 0.493 e. The van der Waals surface area contributed by atoms with Gasteiger partial charge in [0.15, 0.2) is 0 Å². The number of aromatic hydroxyl groups is 1. The highest BCUT2D eigenvalue weighted by molar-refractivity contribution is 6.30. The van der Waals surface area contributed by atoms with Crippen molar-refractivity contribution in [2.75, 3.05) is 39.3 Å². The van der Waals surface area contributed by atoms with E-state index in [0.717, 1.165) is 37.3 Å². The lowest BCUT2D eigenvalue weighted by molar-refractivity contribution is 0.248. The van der Waals surface area contributed by atoms with Crippen LogP contribution in [-0.2, 0) is 0 Å². The second-order valence-electron chi connectivity index (χ2n) is 5.94. The number of benzene rings is 1. The second kappa shape index (κ2) is 8.31. The van der Waals surface area contributed by atoms with Crippen LogP contribution in [0.25, 0.3) is 5.69 Å². The van der Waals surface area contributed by atoms with Gasteiger partial charge in [-0.25, -0.2) is 9.36 Å². The fourth-order valence-electron chi connectivity index (χ4n) is 2.77. The zero-order valence-corrected chi connectivity index (χ0v) is 14.9. The molecule has 2 aromatic rings. The number of aromatic nitrogens is 2. The third kappa shape index (κ3) is 4.21. The maximum atomic E-state index is 12.1. The van der Waals surface area contributed by atoms with Crippen molar-refractivity contribution in [1.29, 1.82) is 0 Å². The number of nitrogens with zero attached hydrogens (tertiary/aromatic N) is 3. The van der Waals surface area contributed by atoms with E-state index >= 15 is 0 Å². The zero-order chi connectivity index (χ0) is 18.5. The predicted molar refractivity (Wildman–Crippen MR) is 101 cm³/mol. The zero-order valence-electron chi connectivity index (χ0n) is 14.1. The molecule has 1 saturated heterocycles. The van der Waals surface area contributed by atoms with Gasteiger partial charge in [0.2, 0.25) is 5.88 Å². The molecule has 138 valence electrons. The Kier molecular flexibility index (Phi) is 5.87. The van der Waals surface area contributed by atoms with Crippen molar-refractivity contribution < 1.29 is 5.11 Å². The number of aromatic amines is 1. The summed E-state index contributed by atoms with van der Waals surface area (Å²) in [5, 5.41) is 14.2. The van der Waals surface area contributed by atoms with Gasteiger partial charge < -0.3 is 10.4 Å². The third-order valence-electron chi connectivity index (χ3n) is 4.18. The standard InChI is InChI=1S/C17H20ClN5O3/c18-12-1-3-13(4-2-12)23-16(25)14(15(24)21-17(23)26)11-20-7-10-22-8-5-19-6-9-22/h1-4,11,19,25H,5-10H2,(H,21,24,26). The number of nitrogens with one attached hydrogen (secondary N) is 2. The Balaban J connectivity index is 1.81. The summed E-state index contributed by atoms with van der Waals surface area (Å²) in [5.74, 6) is -0.452. The van der Waals surface area contributed by atoms with Crippen LogP contribution in [-0.4, -0.2) is 65.0 Å². The lowest BCUT2D eigenvalue weighted by Gasteiger charge is -2.26. The molecule has 9 heteroatoms. The minimum absolute atomic E-state index is 0.0557. The number of hydrogen-bond donors (Lipinski definition) is 3. The van der Waals surface area contributed by atoms with Crippen molar-refractivity contribution in [3.05, 3.63) is 55.7 Å². The van der Waals surface area contributed by atoms with Crippen LogP contribution in [0, 0.1) is 0 Å². The molecular formula is C17H20ClN5O3. The van der Waals surface area contributed by atoms with Crippen molar-refractivity contribution >= 4 is 17.8 Å². The molecule has 0 spiro atoms. The monoisotopic (exact) mass is 377 g/mol. The summed E-state index contributed by atoms with van der Waals surface area (Å²) in [6.45, 7) is 5.10. The number of halogens is 1. The van der Waals surface area contributed by atoms with E-state index in [9.17, 15) is 14.7 Å². The van der Waals surface area contributed by atoms with Crippen LogP contribution in [0.1, 0.15) is 5.56 Å². The first-order valence-electron chi connectivity index (χ1n) is 8.33. The van der Waals surface area contributed by atoms with Gasteiger partial charge in [-0.05, 0) is 24.3 Å². The SMILES string of the molecule is O=c1[nH]c(=O)n(-c2ccc(Cl)cc2)c(O)c1C=NCCN1CCNCC1. The van der Waals surface area contributed by atoms with E-state index in [0.29, 0.717) is 17.3 Å².